The van der Waals surface area contributed by atoms with Crippen LogP contribution in [0, 0.1) is 5.82 Å². The Balaban J connectivity index is 0.00000324. The molecule has 1 atom stereocenters. The first-order valence-electron chi connectivity index (χ1n) is 5.50. The molecule has 1 rings (SSSR count). The number of amides is 1. The van der Waals surface area contributed by atoms with Gasteiger partial charge < -0.3 is 11.1 Å². The van der Waals surface area contributed by atoms with Gasteiger partial charge in [0.05, 0.1) is 10.5 Å². The molecule has 1 aromatic rings. The fourth-order valence-electron chi connectivity index (χ4n) is 1.35. The van der Waals surface area contributed by atoms with Gasteiger partial charge in [-0.05, 0) is 52.1 Å². The van der Waals surface area contributed by atoms with E-state index in [-0.39, 0.29) is 30.7 Å². The van der Waals surface area contributed by atoms with Crippen molar-refractivity contribution in [3.05, 3.63) is 34.1 Å². The van der Waals surface area contributed by atoms with Crippen molar-refractivity contribution in [2.24, 2.45) is 5.73 Å². The van der Waals surface area contributed by atoms with Crippen molar-refractivity contribution in [1.82, 2.24) is 5.32 Å². The number of nitrogens with one attached hydrogen (secondary N) is 1. The van der Waals surface area contributed by atoms with Gasteiger partial charge in [0, 0.05) is 6.54 Å². The summed E-state index contributed by atoms with van der Waals surface area (Å²) in [5.74, 6) is 0.308. The number of rotatable bonds is 6. The minimum Gasteiger partial charge on any atom is -0.351 e. The Morgan fingerprint density at radius 3 is 2.84 bits per heavy atom. The smallest absolute Gasteiger partial charge is 0.237 e. The van der Waals surface area contributed by atoms with Crippen LogP contribution in [0.5, 0.6) is 0 Å². The minimum atomic E-state index is -0.502. The summed E-state index contributed by atoms with van der Waals surface area (Å²) in [5.41, 5.74) is 6.42. The molecule has 0 radical (unpaired) electrons. The van der Waals surface area contributed by atoms with E-state index in [1.165, 1.54) is 6.07 Å². The van der Waals surface area contributed by atoms with Gasteiger partial charge in [-0.1, -0.05) is 6.07 Å². The summed E-state index contributed by atoms with van der Waals surface area (Å²) in [5, 5.41) is 2.70. The van der Waals surface area contributed by atoms with Gasteiger partial charge in [-0.15, -0.1) is 12.4 Å². The molecule has 3 nitrogen and oxygen atoms in total. The van der Waals surface area contributed by atoms with E-state index in [1.807, 2.05) is 6.26 Å². The van der Waals surface area contributed by atoms with Crippen molar-refractivity contribution in [3.63, 3.8) is 0 Å². The highest BCUT2D eigenvalue weighted by molar-refractivity contribution is 9.10. The van der Waals surface area contributed by atoms with Gasteiger partial charge in [-0.25, -0.2) is 4.39 Å². The summed E-state index contributed by atoms with van der Waals surface area (Å²) < 4.78 is 13.7. The van der Waals surface area contributed by atoms with Gasteiger partial charge >= 0.3 is 0 Å². The van der Waals surface area contributed by atoms with Gasteiger partial charge in [-0.2, -0.15) is 11.8 Å². The van der Waals surface area contributed by atoms with Crippen LogP contribution in [0.4, 0.5) is 4.39 Å². The number of hydrogen-bond acceptors (Lipinski definition) is 3. The van der Waals surface area contributed by atoms with Crippen molar-refractivity contribution in [3.8, 4) is 0 Å². The highest BCUT2D eigenvalue weighted by Crippen LogP contribution is 2.16. The van der Waals surface area contributed by atoms with E-state index in [0.29, 0.717) is 16.5 Å². The average Bonchev–Trinajstić information content (AvgIpc) is 2.36. The fraction of sp³-hybridized carbons (Fsp3) is 0.417. The number of halogens is 3. The van der Waals surface area contributed by atoms with Crippen molar-refractivity contribution in [1.29, 1.82) is 0 Å². The molecule has 3 N–H and O–H groups in total. The molecule has 0 aliphatic heterocycles. The second-order valence-electron chi connectivity index (χ2n) is 3.85. The monoisotopic (exact) mass is 370 g/mol. The summed E-state index contributed by atoms with van der Waals surface area (Å²) in [6.45, 7) is 0.288. The lowest BCUT2D eigenvalue weighted by Crippen LogP contribution is -2.40. The molecular formula is C12H17BrClFN2OS. The molecule has 0 saturated heterocycles. The van der Waals surface area contributed by atoms with Crippen LogP contribution in [0.3, 0.4) is 0 Å². The highest BCUT2D eigenvalue weighted by atomic mass is 79.9. The maximum Gasteiger partial charge on any atom is 0.237 e. The molecule has 0 fully saturated rings. The molecule has 0 aliphatic carbocycles. The first kappa shape index (κ1) is 18.7. The third-order valence-electron chi connectivity index (χ3n) is 2.42. The maximum atomic E-state index is 13.2. The molecule has 0 bridgehead atoms. The van der Waals surface area contributed by atoms with Gasteiger partial charge in [0.2, 0.25) is 5.91 Å². The van der Waals surface area contributed by atoms with E-state index in [2.05, 4.69) is 21.2 Å². The van der Waals surface area contributed by atoms with Crippen molar-refractivity contribution in [2.45, 2.75) is 19.0 Å². The van der Waals surface area contributed by atoms with E-state index >= 15 is 0 Å². The summed E-state index contributed by atoms with van der Waals surface area (Å²) >= 11 is 4.73. The average molecular weight is 372 g/mol. The van der Waals surface area contributed by atoms with Crippen LogP contribution >= 0.6 is 40.1 Å². The van der Waals surface area contributed by atoms with Crippen molar-refractivity contribution in [2.75, 3.05) is 12.0 Å². The zero-order valence-corrected chi connectivity index (χ0v) is 13.7. The minimum absolute atomic E-state index is 0. The third-order valence-corrected chi connectivity index (χ3v) is 3.71. The topological polar surface area (TPSA) is 55.1 Å². The van der Waals surface area contributed by atoms with E-state index in [1.54, 1.807) is 23.9 Å². The van der Waals surface area contributed by atoms with Crippen molar-refractivity contribution >= 4 is 46.0 Å². The Morgan fingerprint density at radius 2 is 2.26 bits per heavy atom. The number of nitrogens with two attached hydrogens (primary N) is 1. The standard InChI is InChI=1S/C12H16BrFN2OS.ClH/c1-18-5-4-11(15)12(17)16-7-8-2-3-9(13)10(14)6-8;/h2-3,6,11H,4-5,7,15H2,1H3,(H,16,17);1H/t11-;/m0./s1. The lowest BCUT2D eigenvalue weighted by molar-refractivity contribution is -0.122. The number of carbonyl (C=O) groups is 1. The zero-order chi connectivity index (χ0) is 13.5. The van der Waals surface area contributed by atoms with Crippen LogP contribution in [-0.4, -0.2) is 24.0 Å². The molecule has 0 saturated carbocycles. The number of hydrogen-bond donors (Lipinski definition) is 2. The van der Waals surface area contributed by atoms with E-state index in [9.17, 15) is 9.18 Å². The molecule has 0 heterocycles. The third kappa shape index (κ3) is 6.61. The molecule has 19 heavy (non-hydrogen) atoms. The van der Waals surface area contributed by atoms with Crippen LogP contribution in [0.25, 0.3) is 0 Å². The Bertz CT molecular complexity index is 423. The summed E-state index contributed by atoms with van der Waals surface area (Å²) in [6.07, 6.45) is 2.61. The van der Waals surface area contributed by atoms with Crippen molar-refractivity contribution < 1.29 is 9.18 Å². The summed E-state index contributed by atoms with van der Waals surface area (Å²) in [7, 11) is 0. The second kappa shape index (κ2) is 9.58. The lowest BCUT2D eigenvalue weighted by Gasteiger charge is -2.11. The highest BCUT2D eigenvalue weighted by Gasteiger charge is 2.12. The fourth-order valence-corrected chi connectivity index (χ4v) is 2.08. The zero-order valence-electron chi connectivity index (χ0n) is 10.5. The molecule has 0 aromatic heterocycles. The molecule has 0 unspecified atom stereocenters. The van der Waals surface area contributed by atoms with Crippen LogP contribution in [0.1, 0.15) is 12.0 Å². The maximum absolute atomic E-state index is 13.2. The summed E-state index contributed by atoms with van der Waals surface area (Å²) in [4.78, 5) is 11.6. The molecule has 108 valence electrons. The van der Waals surface area contributed by atoms with Crippen LogP contribution in [0.2, 0.25) is 0 Å². The number of carbonyl (C=O) groups excluding carboxylic acids is 1. The molecule has 0 aliphatic rings. The Kier molecular flexibility index (Phi) is 9.43. The summed E-state index contributed by atoms with van der Waals surface area (Å²) in [6, 6.07) is 4.25. The molecule has 0 spiro atoms. The van der Waals surface area contributed by atoms with E-state index in [0.717, 1.165) is 5.75 Å². The first-order valence-corrected chi connectivity index (χ1v) is 7.69. The van der Waals surface area contributed by atoms with Crippen LogP contribution in [0.15, 0.2) is 22.7 Å². The molecular weight excluding hydrogens is 355 g/mol. The lowest BCUT2D eigenvalue weighted by atomic mass is 10.2. The number of thioether (sulfide) groups is 1. The molecule has 7 heteroatoms. The SMILES string of the molecule is CSCC[C@H](N)C(=O)NCc1ccc(Br)c(F)c1.Cl. The predicted octanol–water partition coefficient (Wildman–Crippen LogP) is 2.71. The first-order chi connectivity index (χ1) is 8.54. The van der Waals surface area contributed by atoms with Gasteiger partial charge in [0.15, 0.2) is 0 Å². The van der Waals surface area contributed by atoms with E-state index in [4.69, 9.17) is 5.73 Å². The quantitative estimate of drug-likeness (QED) is 0.808. The Morgan fingerprint density at radius 1 is 1.58 bits per heavy atom. The van der Waals surface area contributed by atoms with Crippen LogP contribution < -0.4 is 11.1 Å². The number of benzene rings is 1. The van der Waals surface area contributed by atoms with Crippen LogP contribution in [-0.2, 0) is 11.3 Å². The Hall–Kier alpha value is -0.300. The Labute approximate surface area is 131 Å². The molecule has 1 amide bonds. The molecule has 1 aromatic carbocycles. The second-order valence-corrected chi connectivity index (χ2v) is 5.69. The normalized spacial score (nSPS) is 11.6. The predicted molar refractivity (Wildman–Crippen MR) is 84.2 cm³/mol. The van der Waals surface area contributed by atoms with Gasteiger partial charge in [0.1, 0.15) is 5.82 Å². The largest absolute Gasteiger partial charge is 0.351 e. The van der Waals surface area contributed by atoms with Gasteiger partial charge in [0.25, 0.3) is 0 Å². The van der Waals surface area contributed by atoms with E-state index < -0.39 is 6.04 Å². The van der Waals surface area contributed by atoms with Gasteiger partial charge in [-0.3, -0.25) is 4.79 Å².